The lowest BCUT2D eigenvalue weighted by Crippen LogP contribution is -2.33. The molecule has 0 saturated heterocycles. The monoisotopic (exact) mass is 296 g/mol. The summed E-state index contributed by atoms with van der Waals surface area (Å²) in [7, 11) is 1.53. The number of anilines is 1. The number of amides is 1. The van der Waals surface area contributed by atoms with Gasteiger partial charge in [-0.05, 0) is 32.4 Å². The molecule has 0 atom stereocenters. The van der Waals surface area contributed by atoms with Gasteiger partial charge < -0.3 is 25.6 Å². The molecule has 0 unspecified atom stereocenters. The van der Waals surface area contributed by atoms with Crippen molar-refractivity contribution in [2.24, 2.45) is 5.73 Å². The summed E-state index contributed by atoms with van der Waals surface area (Å²) in [4.78, 5) is 11.9. The van der Waals surface area contributed by atoms with Crippen LogP contribution in [0.15, 0.2) is 18.2 Å². The molecular weight excluding hydrogens is 272 g/mol. The van der Waals surface area contributed by atoms with Gasteiger partial charge in [0.25, 0.3) is 0 Å². The Bertz CT molecular complexity index is 469. The molecular formula is C15H24N2O4. The Hall–Kier alpha value is -1.79. The molecule has 0 aliphatic heterocycles. The minimum absolute atomic E-state index is 0.0919. The fourth-order valence-electron chi connectivity index (χ4n) is 1.68. The van der Waals surface area contributed by atoms with Gasteiger partial charge in [0, 0.05) is 23.7 Å². The zero-order valence-electron chi connectivity index (χ0n) is 12.8. The summed E-state index contributed by atoms with van der Waals surface area (Å²) < 4.78 is 10.5. The third kappa shape index (κ3) is 6.46. The Morgan fingerprint density at radius 1 is 1.38 bits per heavy atom. The summed E-state index contributed by atoms with van der Waals surface area (Å²) in [5.41, 5.74) is 6.10. The van der Waals surface area contributed by atoms with Crippen molar-refractivity contribution in [1.82, 2.24) is 0 Å². The van der Waals surface area contributed by atoms with Crippen molar-refractivity contribution in [3.8, 4) is 11.5 Å². The lowest BCUT2D eigenvalue weighted by atomic mass is 10.00. The Morgan fingerprint density at radius 2 is 2.10 bits per heavy atom. The highest BCUT2D eigenvalue weighted by Crippen LogP contribution is 2.30. The number of aliphatic hydroxyl groups excluding tert-OH is 1. The summed E-state index contributed by atoms with van der Waals surface area (Å²) in [5, 5.41) is 11.6. The first-order valence-electron chi connectivity index (χ1n) is 6.86. The number of nitrogens with two attached hydrogens (primary N) is 1. The van der Waals surface area contributed by atoms with Gasteiger partial charge in [-0.2, -0.15) is 0 Å². The van der Waals surface area contributed by atoms with Crippen molar-refractivity contribution in [3.05, 3.63) is 18.2 Å². The van der Waals surface area contributed by atoms with Crippen LogP contribution in [0.3, 0.4) is 0 Å². The number of hydrogen-bond acceptors (Lipinski definition) is 5. The van der Waals surface area contributed by atoms with Crippen LogP contribution in [0, 0.1) is 0 Å². The molecule has 0 aromatic heterocycles. The Kier molecular flexibility index (Phi) is 6.45. The molecule has 0 spiro atoms. The van der Waals surface area contributed by atoms with Crippen LogP contribution in [-0.2, 0) is 4.79 Å². The van der Waals surface area contributed by atoms with Gasteiger partial charge in [0.05, 0.1) is 13.7 Å². The van der Waals surface area contributed by atoms with E-state index in [9.17, 15) is 4.79 Å². The number of carbonyl (C=O) groups is 1. The molecule has 21 heavy (non-hydrogen) atoms. The van der Waals surface area contributed by atoms with E-state index in [1.165, 1.54) is 7.11 Å². The second kappa shape index (κ2) is 7.85. The molecule has 118 valence electrons. The van der Waals surface area contributed by atoms with Crippen molar-refractivity contribution in [2.75, 3.05) is 25.6 Å². The molecule has 0 radical (unpaired) electrons. The van der Waals surface area contributed by atoms with Crippen LogP contribution >= 0.6 is 0 Å². The third-order valence-electron chi connectivity index (χ3n) is 2.79. The standard InChI is InChI=1S/C15H24N2O4/c1-15(2,16)7-6-14(19)17-11-4-5-12(20-3)13(10-11)21-9-8-18/h4-5,10,18H,6-9,16H2,1-3H3,(H,17,19). The van der Waals surface area contributed by atoms with E-state index in [0.717, 1.165) is 0 Å². The summed E-state index contributed by atoms with van der Waals surface area (Å²) in [5.74, 6) is 0.917. The van der Waals surface area contributed by atoms with E-state index < -0.39 is 0 Å². The van der Waals surface area contributed by atoms with Gasteiger partial charge in [0.2, 0.25) is 5.91 Å². The van der Waals surface area contributed by atoms with Crippen molar-refractivity contribution >= 4 is 11.6 Å². The molecule has 1 rings (SSSR count). The molecule has 0 bridgehead atoms. The van der Waals surface area contributed by atoms with Gasteiger partial charge in [-0.3, -0.25) is 4.79 Å². The first-order chi connectivity index (χ1) is 9.85. The number of hydrogen-bond donors (Lipinski definition) is 3. The first-order valence-corrected chi connectivity index (χ1v) is 6.86. The predicted octanol–water partition coefficient (Wildman–Crippen LogP) is 1.52. The number of benzene rings is 1. The van der Waals surface area contributed by atoms with E-state index >= 15 is 0 Å². The molecule has 1 amide bonds. The fourth-order valence-corrected chi connectivity index (χ4v) is 1.68. The highest BCUT2D eigenvalue weighted by molar-refractivity contribution is 5.91. The SMILES string of the molecule is COc1ccc(NC(=O)CCC(C)(C)N)cc1OCCO. The molecule has 1 aromatic rings. The van der Waals surface area contributed by atoms with E-state index in [-0.39, 0.29) is 24.7 Å². The van der Waals surface area contributed by atoms with Gasteiger partial charge in [0.1, 0.15) is 6.61 Å². The molecule has 6 heteroatoms. The van der Waals surface area contributed by atoms with Crippen LogP contribution in [0.5, 0.6) is 11.5 Å². The number of carbonyl (C=O) groups excluding carboxylic acids is 1. The summed E-state index contributed by atoms with van der Waals surface area (Å²) in [6, 6.07) is 5.10. The number of nitrogens with one attached hydrogen (secondary N) is 1. The molecule has 0 aliphatic carbocycles. The van der Waals surface area contributed by atoms with E-state index in [2.05, 4.69) is 5.32 Å². The molecule has 0 heterocycles. The lowest BCUT2D eigenvalue weighted by molar-refractivity contribution is -0.116. The Labute approximate surface area is 125 Å². The van der Waals surface area contributed by atoms with Crippen molar-refractivity contribution in [1.29, 1.82) is 0 Å². The van der Waals surface area contributed by atoms with Crippen LogP contribution in [0.4, 0.5) is 5.69 Å². The summed E-state index contributed by atoms with van der Waals surface area (Å²) in [6.45, 7) is 3.84. The maximum atomic E-state index is 11.9. The first kappa shape index (κ1) is 17.3. The number of rotatable bonds is 8. The zero-order valence-corrected chi connectivity index (χ0v) is 12.8. The summed E-state index contributed by atoms with van der Waals surface area (Å²) >= 11 is 0. The van der Waals surface area contributed by atoms with Gasteiger partial charge in [0.15, 0.2) is 11.5 Å². The van der Waals surface area contributed by atoms with Gasteiger partial charge in [-0.25, -0.2) is 0 Å². The second-order valence-electron chi connectivity index (χ2n) is 5.47. The normalized spacial score (nSPS) is 11.1. The molecule has 0 aliphatic rings. The van der Waals surface area contributed by atoms with Crippen LogP contribution < -0.4 is 20.5 Å². The van der Waals surface area contributed by atoms with E-state index in [1.54, 1.807) is 18.2 Å². The van der Waals surface area contributed by atoms with E-state index in [4.69, 9.17) is 20.3 Å². The molecule has 4 N–H and O–H groups in total. The minimum atomic E-state index is -0.368. The lowest BCUT2D eigenvalue weighted by Gasteiger charge is -2.18. The van der Waals surface area contributed by atoms with Gasteiger partial charge >= 0.3 is 0 Å². The number of aliphatic hydroxyl groups is 1. The van der Waals surface area contributed by atoms with Gasteiger partial charge in [-0.1, -0.05) is 0 Å². The van der Waals surface area contributed by atoms with E-state index in [0.29, 0.717) is 30.0 Å². The van der Waals surface area contributed by atoms with Gasteiger partial charge in [-0.15, -0.1) is 0 Å². The topological polar surface area (TPSA) is 93.8 Å². The third-order valence-corrected chi connectivity index (χ3v) is 2.79. The van der Waals surface area contributed by atoms with Crippen LogP contribution in [0.25, 0.3) is 0 Å². The Morgan fingerprint density at radius 3 is 2.67 bits per heavy atom. The minimum Gasteiger partial charge on any atom is -0.493 e. The largest absolute Gasteiger partial charge is 0.493 e. The number of ether oxygens (including phenoxy) is 2. The molecule has 0 saturated carbocycles. The van der Waals surface area contributed by atoms with Crippen molar-refractivity contribution in [2.45, 2.75) is 32.2 Å². The molecule has 1 aromatic carbocycles. The Balaban J connectivity index is 2.68. The maximum absolute atomic E-state index is 11.9. The van der Waals surface area contributed by atoms with E-state index in [1.807, 2.05) is 13.8 Å². The highest BCUT2D eigenvalue weighted by atomic mass is 16.5. The summed E-state index contributed by atoms with van der Waals surface area (Å²) in [6.07, 6.45) is 0.950. The zero-order chi connectivity index (χ0) is 15.9. The predicted molar refractivity (Wildman–Crippen MR) is 81.7 cm³/mol. The smallest absolute Gasteiger partial charge is 0.224 e. The average Bonchev–Trinajstić information content (AvgIpc) is 2.42. The number of methoxy groups -OCH3 is 1. The quantitative estimate of drug-likeness (QED) is 0.676. The van der Waals surface area contributed by atoms with Crippen molar-refractivity contribution in [3.63, 3.8) is 0 Å². The molecule has 0 fully saturated rings. The van der Waals surface area contributed by atoms with Crippen LogP contribution in [0.2, 0.25) is 0 Å². The molecule has 6 nitrogen and oxygen atoms in total. The second-order valence-corrected chi connectivity index (χ2v) is 5.47. The maximum Gasteiger partial charge on any atom is 0.224 e. The average molecular weight is 296 g/mol. The highest BCUT2D eigenvalue weighted by Gasteiger charge is 2.14. The fraction of sp³-hybridized carbons (Fsp3) is 0.533. The van der Waals surface area contributed by atoms with Crippen LogP contribution in [0.1, 0.15) is 26.7 Å². The van der Waals surface area contributed by atoms with Crippen molar-refractivity contribution < 1.29 is 19.4 Å². The van der Waals surface area contributed by atoms with Crippen LogP contribution in [-0.4, -0.2) is 36.9 Å².